The molecule has 1 aliphatic rings. The van der Waals surface area contributed by atoms with E-state index in [9.17, 15) is 9.59 Å². The molecule has 0 radical (unpaired) electrons. The van der Waals surface area contributed by atoms with Crippen LogP contribution in [0.1, 0.15) is 40.5 Å². The smallest absolute Gasteiger partial charge is 0.240 e. The number of nitrogens with zero attached hydrogens (tertiary/aromatic N) is 1. The van der Waals surface area contributed by atoms with E-state index in [0.29, 0.717) is 6.54 Å². The number of rotatable bonds is 2. The summed E-state index contributed by atoms with van der Waals surface area (Å²) in [5, 5.41) is 2.87. The number of piperidine rings is 1. The van der Waals surface area contributed by atoms with Crippen molar-refractivity contribution in [3.8, 4) is 0 Å². The van der Waals surface area contributed by atoms with Crippen LogP contribution >= 0.6 is 0 Å². The summed E-state index contributed by atoms with van der Waals surface area (Å²) in [6.45, 7) is 8.70. The third-order valence-corrected chi connectivity index (χ3v) is 3.34. The van der Waals surface area contributed by atoms with Gasteiger partial charge < -0.3 is 16.0 Å². The fourth-order valence-electron chi connectivity index (χ4n) is 2.15. The lowest BCUT2D eigenvalue weighted by molar-refractivity contribution is -0.137. The molecule has 0 spiro atoms. The van der Waals surface area contributed by atoms with Crippen molar-refractivity contribution >= 4 is 11.8 Å². The van der Waals surface area contributed by atoms with E-state index in [1.165, 1.54) is 6.92 Å². The molecule has 5 nitrogen and oxygen atoms in total. The van der Waals surface area contributed by atoms with Crippen LogP contribution in [0.5, 0.6) is 0 Å². The van der Waals surface area contributed by atoms with Crippen molar-refractivity contribution in [3.05, 3.63) is 0 Å². The van der Waals surface area contributed by atoms with Gasteiger partial charge in [-0.25, -0.2) is 0 Å². The quantitative estimate of drug-likeness (QED) is 0.754. The monoisotopic (exact) mass is 255 g/mol. The highest BCUT2D eigenvalue weighted by Gasteiger charge is 2.33. The number of nitrogens with two attached hydrogens (primary N) is 1. The Labute approximate surface area is 109 Å². The predicted molar refractivity (Wildman–Crippen MR) is 70.8 cm³/mol. The molecule has 2 unspecified atom stereocenters. The van der Waals surface area contributed by atoms with Crippen molar-refractivity contribution < 1.29 is 9.59 Å². The van der Waals surface area contributed by atoms with E-state index in [4.69, 9.17) is 5.73 Å². The molecule has 3 N–H and O–H groups in total. The minimum absolute atomic E-state index is 0.0162. The largest absolute Gasteiger partial charge is 0.352 e. The summed E-state index contributed by atoms with van der Waals surface area (Å²) in [5.41, 5.74) is 5.76. The minimum Gasteiger partial charge on any atom is -0.352 e. The number of amides is 2. The zero-order chi connectivity index (χ0) is 13.9. The average Bonchev–Trinajstić information content (AvgIpc) is 2.25. The van der Waals surface area contributed by atoms with Gasteiger partial charge in [0.25, 0.3) is 0 Å². The lowest BCUT2D eigenvalue weighted by atomic mass is 9.86. The van der Waals surface area contributed by atoms with Crippen molar-refractivity contribution in [2.75, 3.05) is 13.1 Å². The van der Waals surface area contributed by atoms with Crippen LogP contribution in [0.25, 0.3) is 0 Å². The van der Waals surface area contributed by atoms with Gasteiger partial charge in [-0.05, 0) is 18.3 Å². The maximum Gasteiger partial charge on any atom is 0.240 e. The van der Waals surface area contributed by atoms with Crippen LogP contribution < -0.4 is 11.1 Å². The molecule has 0 aliphatic carbocycles. The fraction of sp³-hybridized carbons (Fsp3) is 0.846. The Kier molecular flexibility index (Phi) is 4.73. The molecule has 2 amide bonds. The molecular formula is C13H25N3O2. The Morgan fingerprint density at radius 3 is 2.50 bits per heavy atom. The van der Waals surface area contributed by atoms with Gasteiger partial charge in [0.1, 0.15) is 0 Å². The van der Waals surface area contributed by atoms with Gasteiger partial charge in [-0.3, -0.25) is 9.59 Å². The third-order valence-electron chi connectivity index (χ3n) is 3.34. The van der Waals surface area contributed by atoms with Crippen LogP contribution in [0, 0.1) is 5.41 Å². The van der Waals surface area contributed by atoms with Crippen molar-refractivity contribution in [2.24, 2.45) is 11.1 Å². The van der Waals surface area contributed by atoms with Crippen LogP contribution in [0.3, 0.4) is 0 Å². The van der Waals surface area contributed by atoms with Gasteiger partial charge in [-0.1, -0.05) is 20.8 Å². The van der Waals surface area contributed by atoms with E-state index >= 15 is 0 Å². The number of hydrogen-bond donors (Lipinski definition) is 2. The third kappa shape index (κ3) is 3.98. The Morgan fingerprint density at radius 1 is 1.39 bits per heavy atom. The van der Waals surface area contributed by atoms with Crippen LogP contribution in [0.15, 0.2) is 0 Å². The summed E-state index contributed by atoms with van der Waals surface area (Å²) < 4.78 is 0. The average molecular weight is 255 g/mol. The molecule has 5 heteroatoms. The van der Waals surface area contributed by atoms with Crippen molar-refractivity contribution in [2.45, 2.75) is 52.6 Å². The van der Waals surface area contributed by atoms with Crippen LogP contribution in [-0.4, -0.2) is 41.9 Å². The second-order valence-corrected chi connectivity index (χ2v) is 6.17. The van der Waals surface area contributed by atoms with E-state index in [1.54, 1.807) is 4.90 Å². The van der Waals surface area contributed by atoms with Crippen molar-refractivity contribution in [1.82, 2.24) is 10.2 Å². The highest BCUT2D eigenvalue weighted by atomic mass is 16.2. The number of hydrogen-bond acceptors (Lipinski definition) is 3. The summed E-state index contributed by atoms with van der Waals surface area (Å²) in [6.07, 6.45) is 1.83. The van der Waals surface area contributed by atoms with E-state index in [1.807, 2.05) is 20.8 Å². The highest BCUT2D eigenvalue weighted by Crippen LogP contribution is 2.21. The highest BCUT2D eigenvalue weighted by molar-refractivity contribution is 5.82. The first-order valence-electron chi connectivity index (χ1n) is 6.53. The molecule has 104 valence electrons. The number of carbonyl (C=O) groups excluding carboxylic acids is 2. The number of nitrogens with one attached hydrogen (secondary N) is 1. The molecule has 1 aliphatic heterocycles. The van der Waals surface area contributed by atoms with Crippen LogP contribution in [0.4, 0.5) is 0 Å². The molecule has 1 fully saturated rings. The second kappa shape index (κ2) is 5.69. The van der Waals surface area contributed by atoms with Gasteiger partial charge in [0.05, 0.1) is 6.04 Å². The molecule has 1 saturated heterocycles. The van der Waals surface area contributed by atoms with E-state index in [0.717, 1.165) is 19.4 Å². The molecule has 1 rings (SSSR count). The Balaban J connectivity index is 2.61. The SMILES string of the molecule is CC(=O)NC1CCCN(C(=O)C(N)C(C)(C)C)C1. The normalized spacial score (nSPS) is 22.5. The summed E-state index contributed by atoms with van der Waals surface area (Å²) in [4.78, 5) is 25.1. The van der Waals surface area contributed by atoms with Gasteiger partial charge in [0.15, 0.2) is 0 Å². The van der Waals surface area contributed by atoms with Crippen molar-refractivity contribution in [3.63, 3.8) is 0 Å². The lowest BCUT2D eigenvalue weighted by Gasteiger charge is -2.37. The molecule has 0 bridgehead atoms. The maximum atomic E-state index is 12.3. The molecule has 0 aromatic rings. The van der Waals surface area contributed by atoms with Gasteiger partial charge in [-0.2, -0.15) is 0 Å². The fourth-order valence-corrected chi connectivity index (χ4v) is 2.15. The Morgan fingerprint density at radius 2 is 2.00 bits per heavy atom. The lowest BCUT2D eigenvalue weighted by Crippen LogP contribution is -2.56. The number of carbonyl (C=O) groups is 2. The van der Waals surface area contributed by atoms with E-state index in [-0.39, 0.29) is 23.3 Å². The first-order chi connectivity index (χ1) is 8.21. The molecule has 18 heavy (non-hydrogen) atoms. The molecule has 2 atom stereocenters. The van der Waals surface area contributed by atoms with Crippen LogP contribution in [0.2, 0.25) is 0 Å². The van der Waals surface area contributed by atoms with Crippen molar-refractivity contribution in [1.29, 1.82) is 0 Å². The van der Waals surface area contributed by atoms with Gasteiger partial charge in [0, 0.05) is 26.1 Å². The van der Waals surface area contributed by atoms with E-state index < -0.39 is 6.04 Å². The van der Waals surface area contributed by atoms with Gasteiger partial charge in [-0.15, -0.1) is 0 Å². The van der Waals surface area contributed by atoms with Crippen LogP contribution in [-0.2, 0) is 9.59 Å². The zero-order valence-corrected chi connectivity index (χ0v) is 11.8. The number of likely N-dealkylation sites (tertiary alicyclic amines) is 1. The first kappa shape index (κ1) is 15.0. The van der Waals surface area contributed by atoms with Gasteiger partial charge >= 0.3 is 0 Å². The molecular weight excluding hydrogens is 230 g/mol. The summed E-state index contributed by atoms with van der Waals surface area (Å²) in [5.74, 6) is -0.0630. The molecule has 0 aromatic carbocycles. The summed E-state index contributed by atoms with van der Waals surface area (Å²) in [7, 11) is 0. The Hall–Kier alpha value is -1.10. The second-order valence-electron chi connectivity index (χ2n) is 6.17. The first-order valence-corrected chi connectivity index (χ1v) is 6.53. The standard InChI is InChI=1S/C13H25N3O2/c1-9(17)15-10-6-5-7-16(8-10)12(18)11(14)13(2,3)4/h10-11H,5-8,14H2,1-4H3,(H,15,17). The minimum atomic E-state index is -0.492. The Bertz CT molecular complexity index is 323. The molecule has 1 heterocycles. The van der Waals surface area contributed by atoms with E-state index in [2.05, 4.69) is 5.32 Å². The topological polar surface area (TPSA) is 75.4 Å². The molecule has 0 saturated carbocycles. The molecule has 0 aromatic heterocycles. The predicted octanol–water partition coefficient (Wildman–Crippen LogP) is 0.487. The summed E-state index contributed by atoms with van der Waals surface area (Å²) in [6, 6.07) is -0.430. The maximum absolute atomic E-state index is 12.3. The van der Waals surface area contributed by atoms with Gasteiger partial charge in [0.2, 0.25) is 11.8 Å². The summed E-state index contributed by atoms with van der Waals surface area (Å²) >= 11 is 0. The zero-order valence-electron chi connectivity index (χ0n) is 11.8.